The minimum Gasteiger partial charge on any atom is -0.491 e. The van der Waals surface area contributed by atoms with Gasteiger partial charge in [-0.1, -0.05) is 6.07 Å². The number of hydrogen-bond donors (Lipinski definition) is 1. The molecule has 1 fully saturated rings. The molecule has 2 rings (SSSR count). The van der Waals surface area contributed by atoms with E-state index in [9.17, 15) is 0 Å². The summed E-state index contributed by atoms with van der Waals surface area (Å²) in [5.74, 6) is 1.01. The number of hydrogen-bond acceptors (Lipinski definition) is 4. The fourth-order valence-corrected chi connectivity index (χ4v) is 2.43. The van der Waals surface area contributed by atoms with Crippen LogP contribution in [0.3, 0.4) is 0 Å². The van der Waals surface area contributed by atoms with E-state index in [0.29, 0.717) is 0 Å². The number of methoxy groups -OCH3 is 1. The second-order valence-corrected chi connectivity index (χ2v) is 5.26. The number of nitrogens with zero attached hydrogens (tertiary/aromatic N) is 1. The van der Waals surface area contributed by atoms with Crippen LogP contribution in [0.4, 0.5) is 5.69 Å². The minimum absolute atomic E-state index is 0.755. The third kappa shape index (κ3) is 4.39. The van der Waals surface area contributed by atoms with Crippen LogP contribution in [0.5, 0.6) is 5.75 Å². The Morgan fingerprint density at radius 1 is 1.15 bits per heavy atom. The Bertz CT molecular complexity index is 403. The second-order valence-electron chi connectivity index (χ2n) is 5.26. The topological polar surface area (TPSA) is 33.7 Å². The summed E-state index contributed by atoms with van der Waals surface area (Å²) in [6.45, 7) is 7.87. The van der Waals surface area contributed by atoms with Crippen molar-refractivity contribution in [3.63, 3.8) is 0 Å². The van der Waals surface area contributed by atoms with Crippen molar-refractivity contribution in [1.82, 2.24) is 5.32 Å². The Balaban J connectivity index is 1.96. The molecule has 0 saturated carbocycles. The maximum atomic E-state index is 5.97. The summed E-state index contributed by atoms with van der Waals surface area (Å²) < 4.78 is 11.0. The van der Waals surface area contributed by atoms with Crippen LogP contribution in [0.2, 0.25) is 0 Å². The number of benzene rings is 1. The highest BCUT2D eigenvalue weighted by Crippen LogP contribution is 2.30. The van der Waals surface area contributed by atoms with Crippen LogP contribution in [0, 0.1) is 6.92 Å². The van der Waals surface area contributed by atoms with Gasteiger partial charge < -0.3 is 19.7 Å². The van der Waals surface area contributed by atoms with E-state index in [1.807, 2.05) is 0 Å². The van der Waals surface area contributed by atoms with E-state index in [4.69, 9.17) is 9.47 Å². The molecule has 0 unspecified atom stereocenters. The molecule has 4 nitrogen and oxygen atoms in total. The lowest BCUT2D eigenvalue weighted by atomic mass is 10.1. The summed E-state index contributed by atoms with van der Waals surface area (Å²) in [6.07, 6.45) is 2.08. The Kier molecular flexibility index (Phi) is 6.15. The average molecular weight is 278 g/mol. The number of piperazine rings is 1. The highest BCUT2D eigenvalue weighted by molar-refractivity contribution is 5.60. The van der Waals surface area contributed by atoms with Gasteiger partial charge in [0.1, 0.15) is 5.75 Å². The third-order valence-corrected chi connectivity index (χ3v) is 3.57. The largest absolute Gasteiger partial charge is 0.491 e. The minimum atomic E-state index is 0.755. The molecule has 0 amide bonds. The van der Waals surface area contributed by atoms with Crippen molar-refractivity contribution in [2.24, 2.45) is 0 Å². The molecule has 1 heterocycles. The molecule has 0 aliphatic carbocycles. The predicted octanol–water partition coefficient (Wildman–Crippen LogP) is 2.21. The van der Waals surface area contributed by atoms with Crippen LogP contribution in [0.1, 0.15) is 18.4 Å². The smallest absolute Gasteiger partial charge is 0.142 e. The van der Waals surface area contributed by atoms with Gasteiger partial charge in [0.05, 0.1) is 12.3 Å². The first-order valence-corrected chi connectivity index (χ1v) is 7.49. The van der Waals surface area contributed by atoms with Crippen molar-refractivity contribution in [2.45, 2.75) is 19.8 Å². The standard InChI is InChI=1S/C16H26N2O2/c1-14-5-6-16(20-12-4-3-11-19-2)15(13-14)18-9-7-17-8-10-18/h5-6,13,17H,3-4,7-12H2,1-2H3. The van der Waals surface area contributed by atoms with E-state index in [1.165, 1.54) is 11.3 Å². The molecular formula is C16H26N2O2. The number of ether oxygens (including phenoxy) is 2. The highest BCUT2D eigenvalue weighted by atomic mass is 16.5. The van der Waals surface area contributed by atoms with Gasteiger partial charge in [-0.2, -0.15) is 0 Å². The van der Waals surface area contributed by atoms with E-state index in [1.54, 1.807) is 7.11 Å². The van der Waals surface area contributed by atoms with E-state index >= 15 is 0 Å². The van der Waals surface area contributed by atoms with Gasteiger partial charge in [-0.25, -0.2) is 0 Å². The zero-order chi connectivity index (χ0) is 14.2. The fourth-order valence-electron chi connectivity index (χ4n) is 2.43. The van der Waals surface area contributed by atoms with Crippen molar-refractivity contribution >= 4 is 5.69 Å². The summed E-state index contributed by atoms with van der Waals surface area (Å²) in [5, 5.41) is 3.39. The molecule has 20 heavy (non-hydrogen) atoms. The van der Waals surface area contributed by atoms with Gasteiger partial charge in [-0.3, -0.25) is 0 Å². The zero-order valence-corrected chi connectivity index (χ0v) is 12.7. The lowest BCUT2D eigenvalue weighted by molar-refractivity contribution is 0.184. The molecule has 0 bridgehead atoms. The second kappa shape index (κ2) is 8.12. The maximum absolute atomic E-state index is 5.97. The first-order chi connectivity index (χ1) is 9.81. The molecule has 1 N–H and O–H groups in total. The molecule has 0 aromatic heterocycles. The third-order valence-electron chi connectivity index (χ3n) is 3.57. The quantitative estimate of drug-likeness (QED) is 0.775. The molecule has 112 valence electrons. The summed E-state index contributed by atoms with van der Waals surface area (Å²) in [4.78, 5) is 2.41. The lowest BCUT2D eigenvalue weighted by Crippen LogP contribution is -2.43. The van der Waals surface area contributed by atoms with Gasteiger partial charge in [0.2, 0.25) is 0 Å². The van der Waals surface area contributed by atoms with Crippen LogP contribution in [0.25, 0.3) is 0 Å². The van der Waals surface area contributed by atoms with Crippen molar-refractivity contribution in [1.29, 1.82) is 0 Å². The summed E-state index contributed by atoms with van der Waals surface area (Å²) in [6, 6.07) is 6.45. The molecule has 0 spiro atoms. The SMILES string of the molecule is COCCCCOc1ccc(C)cc1N1CCNCC1. The Labute approximate surface area is 122 Å². The van der Waals surface area contributed by atoms with E-state index in [-0.39, 0.29) is 0 Å². The molecule has 1 aliphatic heterocycles. The molecule has 1 aromatic carbocycles. The number of aryl methyl sites for hydroxylation is 1. The van der Waals surface area contributed by atoms with Crippen molar-refractivity contribution in [2.75, 3.05) is 51.4 Å². The maximum Gasteiger partial charge on any atom is 0.142 e. The molecule has 1 aliphatic rings. The lowest BCUT2D eigenvalue weighted by Gasteiger charge is -2.31. The first kappa shape index (κ1) is 15.1. The van der Waals surface area contributed by atoms with Gasteiger partial charge in [0, 0.05) is 39.9 Å². The number of anilines is 1. The number of nitrogens with one attached hydrogen (secondary N) is 1. The van der Waals surface area contributed by atoms with Gasteiger partial charge in [-0.15, -0.1) is 0 Å². The van der Waals surface area contributed by atoms with Crippen LogP contribution >= 0.6 is 0 Å². The zero-order valence-electron chi connectivity index (χ0n) is 12.7. The summed E-state index contributed by atoms with van der Waals surface area (Å²) in [5.41, 5.74) is 2.52. The van der Waals surface area contributed by atoms with Gasteiger partial charge in [0.25, 0.3) is 0 Å². The Hall–Kier alpha value is -1.26. The van der Waals surface area contributed by atoms with Crippen molar-refractivity contribution < 1.29 is 9.47 Å². The molecule has 1 aromatic rings. The highest BCUT2D eigenvalue weighted by Gasteiger charge is 2.15. The number of unbranched alkanes of at least 4 members (excludes halogenated alkanes) is 1. The van der Waals surface area contributed by atoms with E-state index in [0.717, 1.165) is 58.0 Å². The van der Waals surface area contributed by atoms with Gasteiger partial charge in [-0.05, 0) is 37.5 Å². The van der Waals surface area contributed by atoms with Crippen LogP contribution in [0.15, 0.2) is 18.2 Å². The fraction of sp³-hybridized carbons (Fsp3) is 0.625. The first-order valence-electron chi connectivity index (χ1n) is 7.49. The monoisotopic (exact) mass is 278 g/mol. The molecule has 0 radical (unpaired) electrons. The number of rotatable bonds is 7. The average Bonchev–Trinajstić information content (AvgIpc) is 2.49. The summed E-state index contributed by atoms with van der Waals surface area (Å²) >= 11 is 0. The van der Waals surface area contributed by atoms with Crippen molar-refractivity contribution in [3.05, 3.63) is 23.8 Å². The Morgan fingerprint density at radius 3 is 2.65 bits per heavy atom. The van der Waals surface area contributed by atoms with Crippen LogP contribution < -0.4 is 15.0 Å². The molecule has 0 atom stereocenters. The Morgan fingerprint density at radius 2 is 1.90 bits per heavy atom. The normalized spacial score (nSPS) is 15.4. The van der Waals surface area contributed by atoms with Crippen LogP contribution in [-0.4, -0.2) is 46.5 Å². The van der Waals surface area contributed by atoms with E-state index in [2.05, 4.69) is 35.3 Å². The molecular weight excluding hydrogens is 252 g/mol. The molecule has 4 heteroatoms. The van der Waals surface area contributed by atoms with Crippen molar-refractivity contribution in [3.8, 4) is 5.75 Å². The summed E-state index contributed by atoms with van der Waals surface area (Å²) in [7, 11) is 1.74. The molecule has 1 saturated heterocycles. The van der Waals surface area contributed by atoms with Gasteiger partial charge in [0.15, 0.2) is 0 Å². The van der Waals surface area contributed by atoms with Crippen LogP contribution in [-0.2, 0) is 4.74 Å². The van der Waals surface area contributed by atoms with Gasteiger partial charge >= 0.3 is 0 Å². The predicted molar refractivity (Wildman–Crippen MR) is 82.9 cm³/mol. The van der Waals surface area contributed by atoms with E-state index < -0.39 is 0 Å².